The highest BCUT2D eigenvalue weighted by Gasteiger charge is 2.32. The largest absolute Gasteiger partial charge is 0.372 e. The maximum absolute atomic E-state index is 12.2. The summed E-state index contributed by atoms with van der Waals surface area (Å²) in [6.45, 7) is 6.27. The van der Waals surface area contributed by atoms with E-state index in [1.807, 2.05) is 35.3 Å². The molecule has 1 N–H and O–H groups in total. The number of nitrogens with zero attached hydrogens (tertiary/aromatic N) is 2. The fourth-order valence-electron chi connectivity index (χ4n) is 2.88. The fourth-order valence-corrected chi connectivity index (χ4v) is 3.69. The summed E-state index contributed by atoms with van der Waals surface area (Å²) in [7, 11) is 0. The smallest absolute Gasteiger partial charge is 0.261 e. The quantitative estimate of drug-likeness (QED) is 0.922. The second-order valence-electron chi connectivity index (χ2n) is 5.61. The van der Waals surface area contributed by atoms with Gasteiger partial charge in [-0.2, -0.15) is 5.10 Å². The van der Waals surface area contributed by atoms with E-state index in [0.29, 0.717) is 12.5 Å². The van der Waals surface area contributed by atoms with Crippen LogP contribution in [0.2, 0.25) is 0 Å². The fraction of sp³-hybridized carbons (Fsp3) is 0.500. The summed E-state index contributed by atoms with van der Waals surface area (Å²) in [5, 5.41) is 9.35. The molecule has 1 aliphatic rings. The average molecular weight is 319 g/mol. The molecule has 22 heavy (non-hydrogen) atoms. The topological polar surface area (TPSA) is 56.1 Å². The molecule has 2 aromatic heterocycles. The number of thiophene rings is 1. The normalized spacial score (nSPS) is 21.2. The highest BCUT2D eigenvalue weighted by atomic mass is 32.1. The molecule has 0 aliphatic carbocycles. The first-order chi connectivity index (χ1) is 10.7. The van der Waals surface area contributed by atoms with Crippen molar-refractivity contribution in [3.8, 4) is 0 Å². The molecule has 2 aromatic rings. The molecule has 0 radical (unpaired) electrons. The van der Waals surface area contributed by atoms with Crippen LogP contribution in [0.25, 0.3) is 0 Å². The van der Waals surface area contributed by atoms with E-state index in [4.69, 9.17) is 4.74 Å². The van der Waals surface area contributed by atoms with Gasteiger partial charge in [0.15, 0.2) is 0 Å². The number of carbonyl (C=O) groups is 1. The van der Waals surface area contributed by atoms with Crippen LogP contribution in [0.3, 0.4) is 0 Å². The summed E-state index contributed by atoms with van der Waals surface area (Å²) in [6.07, 6.45) is 2.79. The van der Waals surface area contributed by atoms with Crippen LogP contribution in [0.1, 0.15) is 40.4 Å². The van der Waals surface area contributed by atoms with Gasteiger partial charge in [-0.05, 0) is 43.3 Å². The van der Waals surface area contributed by atoms with E-state index in [2.05, 4.69) is 17.3 Å². The Bertz CT molecular complexity index is 649. The summed E-state index contributed by atoms with van der Waals surface area (Å²) in [4.78, 5) is 12.9. The molecule has 0 saturated carbocycles. The standard InChI is InChI=1S/C16H21N3O2S/c1-3-19-13(4-6-18-19)15-12(5-7-21-15)9-17-16(20)14-8-11(2)10-22-14/h4,6,8,10,12,15H,3,5,7,9H2,1-2H3,(H,17,20)/t12-,15+/m0/s1. The SMILES string of the molecule is CCn1nccc1[C@@H]1OCC[C@H]1CNC(=O)c1cc(C)cs1. The van der Waals surface area contributed by atoms with Crippen LogP contribution in [-0.2, 0) is 11.3 Å². The third-order valence-corrected chi connectivity index (χ3v) is 5.08. The van der Waals surface area contributed by atoms with Crippen LogP contribution < -0.4 is 5.32 Å². The maximum Gasteiger partial charge on any atom is 0.261 e. The zero-order valence-corrected chi connectivity index (χ0v) is 13.7. The van der Waals surface area contributed by atoms with Crippen LogP contribution in [-0.4, -0.2) is 28.8 Å². The van der Waals surface area contributed by atoms with E-state index < -0.39 is 0 Å². The van der Waals surface area contributed by atoms with Crippen molar-refractivity contribution >= 4 is 17.2 Å². The lowest BCUT2D eigenvalue weighted by Crippen LogP contribution is -2.30. The lowest BCUT2D eigenvalue weighted by atomic mass is 9.99. The van der Waals surface area contributed by atoms with Crippen molar-refractivity contribution < 1.29 is 9.53 Å². The number of aromatic nitrogens is 2. The molecular formula is C16H21N3O2S. The predicted molar refractivity (Wildman–Crippen MR) is 86.1 cm³/mol. The van der Waals surface area contributed by atoms with Crippen LogP contribution in [0.15, 0.2) is 23.7 Å². The second-order valence-corrected chi connectivity index (χ2v) is 6.52. The number of aryl methyl sites for hydroxylation is 2. The van der Waals surface area contributed by atoms with Gasteiger partial charge in [-0.15, -0.1) is 11.3 Å². The molecule has 1 amide bonds. The Labute approximate surface area is 134 Å². The summed E-state index contributed by atoms with van der Waals surface area (Å²) >= 11 is 1.49. The zero-order chi connectivity index (χ0) is 15.5. The summed E-state index contributed by atoms with van der Waals surface area (Å²) in [5.74, 6) is 0.305. The zero-order valence-electron chi connectivity index (χ0n) is 12.9. The van der Waals surface area contributed by atoms with Gasteiger partial charge in [0.1, 0.15) is 6.10 Å². The number of rotatable bonds is 5. The van der Waals surface area contributed by atoms with Gasteiger partial charge in [0.25, 0.3) is 5.91 Å². The Morgan fingerprint density at radius 2 is 2.45 bits per heavy atom. The summed E-state index contributed by atoms with van der Waals surface area (Å²) in [6, 6.07) is 3.94. The third-order valence-electron chi connectivity index (χ3n) is 4.03. The summed E-state index contributed by atoms with van der Waals surface area (Å²) in [5.41, 5.74) is 2.23. The van der Waals surface area contributed by atoms with E-state index >= 15 is 0 Å². The van der Waals surface area contributed by atoms with Gasteiger partial charge in [-0.1, -0.05) is 0 Å². The average Bonchev–Trinajstić information content (AvgIpc) is 3.23. The van der Waals surface area contributed by atoms with Gasteiger partial charge in [0.2, 0.25) is 0 Å². The number of hydrogen-bond donors (Lipinski definition) is 1. The van der Waals surface area contributed by atoms with Crippen LogP contribution >= 0.6 is 11.3 Å². The first-order valence-corrected chi connectivity index (χ1v) is 8.53. The minimum atomic E-state index is 0.00718. The summed E-state index contributed by atoms with van der Waals surface area (Å²) < 4.78 is 7.85. The number of hydrogen-bond acceptors (Lipinski definition) is 4. The van der Waals surface area contributed by atoms with Crippen LogP contribution in [0.4, 0.5) is 0 Å². The molecule has 5 nitrogen and oxygen atoms in total. The molecule has 3 heterocycles. The highest BCUT2D eigenvalue weighted by molar-refractivity contribution is 7.12. The second kappa shape index (κ2) is 6.62. The molecule has 1 fully saturated rings. The van der Waals surface area contributed by atoms with Crippen LogP contribution in [0.5, 0.6) is 0 Å². The molecule has 2 atom stereocenters. The number of nitrogens with one attached hydrogen (secondary N) is 1. The van der Waals surface area contributed by atoms with Gasteiger partial charge in [0, 0.05) is 31.8 Å². The van der Waals surface area contributed by atoms with Gasteiger partial charge in [-0.25, -0.2) is 0 Å². The van der Waals surface area contributed by atoms with Crippen molar-refractivity contribution in [3.05, 3.63) is 39.8 Å². The molecule has 1 aliphatic heterocycles. The Kier molecular flexibility index (Phi) is 4.59. The number of ether oxygens (including phenoxy) is 1. The van der Waals surface area contributed by atoms with Gasteiger partial charge in [-0.3, -0.25) is 9.48 Å². The van der Waals surface area contributed by atoms with E-state index in [1.165, 1.54) is 11.3 Å². The van der Waals surface area contributed by atoms with E-state index in [-0.39, 0.29) is 12.0 Å². The van der Waals surface area contributed by atoms with Crippen molar-refractivity contribution in [3.63, 3.8) is 0 Å². The van der Waals surface area contributed by atoms with E-state index in [9.17, 15) is 4.79 Å². The van der Waals surface area contributed by atoms with Gasteiger partial charge in [0.05, 0.1) is 10.6 Å². The molecule has 3 rings (SSSR count). The van der Waals surface area contributed by atoms with Gasteiger partial charge < -0.3 is 10.1 Å². The Hall–Kier alpha value is -1.66. The van der Waals surface area contributed by atoms with Crippen molar-refractivity contribution in [2.45, 2.75) is 32.9 Å². The van der Waals surface area contributed by atoms with Crippen molar-refractivity contribution in [1.29, 1.82) is 0 Å². The first-order valence-electron chi connectivity index (χ1n) is 7.65. The minimum Gasteiger partial charge on any atom is -0.372 e. The molecule has 0 unspecified atom stereocenters. The van der Waals surface area contributed by atoms with E-state index in [1.54, 1.807) is 0 Å². The highest BCUT2D eigenvalue weighted by Crippen LogP contribution is 2.34. The van der Waals surface area contributed by atoms with Crippen molar-refractivity contribution in [2.24, 2.45) is 5.92 Å². The van der Waals surface area contributed by atoms with Crippen molar-refractivity contribution in [2.75, 3.05) is 13.2 Å². The lowest BCUT2D eigenvalue weighted by Gasteiger charge is -2.19. The Morgan fingerprint density at radius 3 is 3.18 bits per heavy atom. The van der Waals surface area contributed by atoms with Crippen molar-refractivity contribution in [1.82, 2.24) is 15.1 Å². The lowest BCUT2D eigenvalue weighted by molar-refractivity contribution is 0.0796. The Balaban J connectivity index is 1.63. The molecule has 118 valence electrons. The van der Waals surface area contributed by atoms with E-state index in [0.717, 1.165) is 35.7 Å². The third kappa shape index (κ3) is 3.08. The Morgan fingerprint density at radius 1 is 1.59 bits per heavy atom. The molecule has 0 aromatic carbocycles. The number of amides is 1. The predicted octanol–water partition coefficient (Wildman–Crippen LogP) is 2.78. The molecular weight excluding hydrogens is 298 g/mol. The number of carbonyl (C=O) groups excluding carboxylic acids is 1. The minimum absolute atomic E-state index is 0.00718. The molecule has 1 saturated heterocycles. The molecule has 0 spiro atoms. The first kappa shape index (κ1) is 15.2. The molecule has 6 heteroatoms. The van der Waals surface area contributed by atoms with Gasteiger partial charge >= 0.3 is 0 Å². The monoisotopic (exact) mass is 319 g/mol. The maximum atomic E-state index is 12.2. The molecule has 0 bridgehead atoms. The van der Waals surface area contributed by atoms with Crippen LogP contribution in [0, 0.1) is 12.8 Å².